The van der Waals surface area contributed by atoms with Gasteiger partial charge in [0, 0.05) is 29.4 Å². The molecule has 2 aromatic heterocycles. The van der Waals surface area contributed by atoms with Crippen molar-refractivity contribution in [2.45, 2.75) is 0 Å². The number of hydrogen-bond acceptors (Lipinski definition) is 3. The summed E-state index contributed by atoms with van der Waals surface area (Å²) in [6, 6.07) is 1.92. The first-order valence-corrected chi connectivity index (χ1v) is 5.13. The van der Waals surface area contributed by atoms with Crippen LogP contribution in [-0.4, -0.2) is 21.0 Å². The number of hydrogen-bond donors (Lipinski definition) is 2. The summed E-state index contributed by atoms with van der Waals surface area (Å²) in [5, 5.41) is 11.1. The molecule has 0 saturated heterocycles. The summed E-state index contributed by atoms with van der Waals surface area (Å²) in [4.78, 5) is 17.5. The molecule has 0 bridgehead atoms. The van der Waals surface area contributed by atoms with Crippen LogP contribution in [0.4, 0.5) is 0 Å². The molecule has 15 heavy (non-hydrogen) atoms. The molecule has 2 aromatic rings. The lowest BCUT2D eigenvalue weighted by atomic mass is 10.3. The Morgan fingerprint density at radius 1 is 1.60 bits per heavy atom. The maximum Gasteiger partial charge on any atom is 0.328 e. The molecule has 0 aliphatic carbocycles. The number of aromatic nitrogens is 2. The van der Waals surface area contributed by atoms with E-state index in [4.69, 9.17) is 5.11 Å². The summed E-state index contributed by atoms with van der Waals surface area (Å²) < 4.78 is 0. The van der Waals surface area contributed by atoms with Crippen molar-refractivity contribution in [1.29, 1.82) is 0 Å². The lowest BCUT2D eigenvalue weighted by Crippen LogP contribution is -1.85. The predicted octanol–water partition coefficient (Wildman–Crippen LogP) is 2.24. The molecule has 0 aliphatic rings. The topological polar surface area (TPSA) is 66.0 Å². The van der Waals surface area contributed by atoms with Crippen LogP contribution >= 0.6 is 11.3 Å². The Bertz CT molecular complexity index is 485. The Balaban J connectivity index is 2.21. The molecule has 2 rings (SSSR count). The minimum Gasteiger partial charge on any atom is -0.478 e. The molecule has 0 aromatic carbocycles. The van der Waals surface area contributed by atoms with Crippen LogP contribution in [-0.2, 0) is 4.79 Å². The second-order valence-electron chi connectivity index (χ2n) is 2.85. The molecule has 5 heteroatoms. The van der Waals surface area contributed by atoms with Gasteiger partial charge in [-0.1, -0.05) is 0 Å². The molecular weight excluding hydrogens is 212 g/mol. The van der Waals surface area contributed by atoms with Gasteiger partial charge in [0.1, 0.15) is 5.01 Å². The Morgan fingerprint density at radius 3 is 3.13 bits per heavy atom. The lowest BCUT2D eigenvalue weighted by Gasteiger charge is -1.86. The van der Waals surface area contributed by atoms with Gasteiger partial charge in [0.15, 0.2) is 0 Å². The van der Waals surface area contributed by atoms with Crippen molar-refractivity contribution >= 4 is 23.4 Å². The van der Waals surface area contributed by atoms with Gasteiger partial charge in [-0.3, -0.25) is 0 Å². The molecule has 0 spiro atoms. The summed E-state index contributed by atoms with van der Waals surface area (Å²) in [5.41, 5.74) is 1.67. The summed E-state index contributed by atoms with van der Waals surface area (Å²) >= 11 is 1.48. The van der Waals surface area contributed by atoms with Crippen LogP contribution in [0.3, 0.4) is 0 Å². The zero-order valence-corrected chi connectivity index (χ0v) is 8.49. The van der Waals surface area contributed by atoms with Gasteiger partial charge in [0.2, 0.25) is 0 Å². The Hall–Kier alpha value is -1.88. The second-order valence-corrected chi connectivity index (χ2v) is 3.71. The van der Waals surface area contributed by atoms with Gasteiger partial charge >= 0.3 is 5.97 Å². The number of carbonyl (C=O) groups is 1. The second kappa shape index (κ2) is 4.10. The number of nitrogens with one attached hydrogen (secondary N) is 1. The van der Waals surface area contributed by atoms with Crippen LogP contribution in [0.1, 0.15) is 5.69 Å². The number of thiazole rings is 1. The van der Waals surface area contributed by atoms with Crippen LogP contribution < -0.4 is 0 Å². The maximum atomic E-state index is 10.3. The zero-order valence-electron chi connectivity index (χ0n) is 7.68. The molecule has 2 N–H and O–H groups in total. The third-order valence-corrected chi connectivity index (χ3v) is 2.67. The normalized spacial score (nSPS) is 10.9. The molecule has 0 aliphatic heterocycles. The lowest BCUT2D eigenvalue weighted by molar-refractivity contribution is -0.131. The number of H-pyrrole nitrogens is 1. The van der Waals surface area contributed by atoms with Gasteiger partial charge in [0.05, 0.1) is 5.69 Å². The first kappa shape index (κ1) is 9.67. The highest BCUT2D eigenvalue weighted by Gasteiger charge is 2.02. The Morgan fingerprint density at radius 2 is 2.47 bits per heavy atom. The van der Waals surface area contributed by atoms with E-state index in [1.165, 1.54) is 17.4 Å². The smallest absolute Gasteiger partial charge is 0.328 e. The molecule has 76 valence electrons. The monoisotopic (exact) mass is 220 g/mol. The van der Waals surface area contributed by atoms with Gasteiger partial charge in [-0.2, -0.15) is 0 Å². The van der Waals surface area contributed by atoms with Crippen molar-refractivity contribution in [3.63, 3.8) is 0 Å². The summed E-state index contributed by atoms with van der Waals surface area (Å²) in [6.07, 6.45) is 6.23. The molecule has 0 unspecified atom stereocenters. The number of carboxylic acid groups (broad SMARTS) is 1. The minimum absolute atomic E-state index is 0.665. The summed E-state index contributed by atoms with van der Waals surface area (Å²) in [5.74, 6) is -0.966. The van der Waals surface area contributed by atoms with Gasteiger partial charge < -0.3 is 10.1 Å². The highest BCUT2D eigenvalue weighted by Crippen LogP contribution is 2.23. The molecule has 0 amide bonds. The van der Waals surface area contributed by atoms with E-state index in [1.54, 1.807) is 0 Å². The van der Waals surface area contributed by atoms with Gasteiger partial charge in [-0.05, 0) is 12.1 Å². The third kappa shape index (κ3) is 2.32. The third-order valence-electron chi connectivity index (χ3n) is 1.76. The van der Waals surface area contributed by atoms with E-state index >= 15 is 0 Å². The molecule has 2 heterocycles. The van der Waals surface area contributed by atoms with Gasteiger partial charge in [0.25, 0.3) is 0 Å². The van der Waals surface area contributed by atoms with E-state index in [0.717, 1.165) is 16.6 Å². The van der Waals surface area contributed by atoms with Crippen LogP contribution in [0.2, 0.25) is 0 Å². The summed E-state index contributed by atoms with van der Waals surface area (Å²) in [7, 11) is 0. The molecular formula is C10H8N2O2S. The van der Waals surface area contributed by atoms with E-state index in [9.17, 15) is 4.79 Å². The van der Waals surface area contributed by atoms with Crippen LogP contribution in [0.25, 0.3) is 16.6 Å². The van der Waals surface area contributed by atoms with Crippen LogP contribution in [0.15, 0.2) is 29.9 Å². The van der Waals surface area contributed by atoms with Crippen molar-refractivity contribution in [3.8, 4) is 10.6 Å². The minimum atomic E-state index is -0.966. The van der Waals surface area contributed by atoms with Crippen LogP contribution in [0.5, 0.6) is 0 Å². The Labute approximate surface area is 89.9 Å². The van der Waals surface area contributed by atoms with E-state index in [0.29, 0.717) is 5.69 Å². The Kier molecular flexibility index (Phi) is 2.64. The fourth-order valence-electron chi connectivity index (χ4n) is 1.11. The first-order valence-electron chi connectivity index (χ1n) is 4.25. The quantitative estimate of drug-likeness (QED) is 0.779. The van der Waals surface area contributed by atoms with Crippen LogP contribution in [0, 0.1) is 0 Å². The molecule has 0 fully saturated rings. The predicted molar refractivity (Wildman–Crippen MR) is 58.6 cm³/mol. The van der Waals surface area contributed by atoms with Gasteiger partial charge in [-0.15, -0.1) is 11.3 Å². The number of aromatic amines is 1. The van der Waals surface area contributed by atoms with E-state index in [-0.39, 0.29) is 0 Å². The SMILES string of the molecule is O=C(O)/C=C/c1csc(-c2cc[nH]c2)n1. The van der Waals surface area contributed by atoms with Crippen molar-refractivity contribution in [2.24, 2.45) is 0 Å². The highest BCUT2D eigenvalue weighted by molar-refractivity contribution is 7.13. The molecule has 0 atom stereocenters. The highest BCUT2D eigenvalue weighted by atomic mass is 32.1. The fourth-order valence-corrected chi connectivity index (χ4v) is 1.89. The molecule has 4 nitrogen and oxygen atoms in total. The van der Waals surface area contributed by atoms with E-state index in [1.807, 2.05) is 23.8 Å². The fraction of sp³-hybridized carbons (Fsp3) is 0. The maximum absolute atomic E-state index is 10.3. The van der Waals surface area contributed by atoms with E-state index in [2.05, 4.69) is 9.97 Å². The summed E-state index contributed by atoms with van der Waals surface area (Å²) in [6.45, 7) is 0. The number of carboxylic acids is 1. The number of aliphatic carboxylic acids is 1. The molecule has 0 saturated carbocycles. The number of rotatable bonds is 3. The van der Waals surface area contributed by atoms with Gasteiger partial charge in [-0.25, -0.2) is 9.78 Å². The average molecular weight is 220 g/mol. The zero-order chi connectivity index (χ0) is 10.7. The molecule has 0 radical (unpaired) electrons. The van der Waals surface area contributed by atoms with Crippen molar-refractivity contribution in [1.82, 2.24) is 9.97 Å². The standard InChI is InChI=1S/C10H8N2O2S/c13-9(14)2-1-8-6-15-10(12-8)7-3-4-11-5-7/h1-6,11H,(H,13,14)/b2-1+. The van der Waals surface area contributed by atoms with Crippen molar-refractivity contribution < 1.29 is 9.90 Å². The number of nitrogens with zero attached hydrogens (tertiary/aromatic N) is 1. The van der Waals surface area contributed by atoms with Crippen molar-refractivity contribution in [3.05, 3.63) is 35.6 Å². The largest absolute Gasteiger partial charge is 0.478 e. The average Bonchev–Trinajstić information content (AvgIpc) is 2.85. The first-order chi connectivity index (χ1) is 7.25. The van der Waals surface area contributed by atoms with Crippen molar-refractivity contribution in [2.75, 3.05) is 0 Å². The van der Waals surface area contributed by atoms with E-state index < -0.39 is 5.97 Å².